The number of aromatic nitrogens is 2. The SMILES string of the molecule is CC(C)OC(O)C1=C(NN2CCN(CC(F)(F)F)CC2)O/C(=C\c2c[nH]c3ncccc23)C1O. The fourth-order valence-corrected chi connectivity index (χ4v) is 3.95. The number of piperazine rings is 1. The van der Waals surface area contributed by atoms with E-state index in [0.29, 0.717) is 18.7 Å². The zero-order valence-electron chi connectivity index (χ0n) is 18.8. The maximum Gasteiger partial charge on any atom is 0.401 e. The van der Waals surface area contributed by atoms with Crippen LogP contribution in [0.15, 0.2) is 41.7 Å². The van der Waals surface area contributed by atoms with Crippen LogP contribution in [0.2, 0.25) is 0 Å². The van der Waals surface area contributed by atoms with E-state index in [2.05, 4.69) is 15.4 Å². The van der Waals surface area contributed by atoms with Crippen LogP contribution in [0.3, 0.4) is 0 Å². The van der Waals surface area contributed by atoms with E-state index in [9.17, 15) is 23.4 Å². The highest BCUT2D eigenvalue weighted by atomic mass is 19.4. The van der Waals surface area contributed by atoms with Crippen LogP contribution in [-0.2, 0) is 9.47 Å². The average Bonchev–Trinajstić information content (AvgIpc) is 3.29. The number of nitrogens with zero attached hydrogens (tertiary/aromatic N) is 3. The largest absolute Gasteiger partial charge is 0.441 e. The second-order valence-electron chi connectivity index (χ2n) is 8.51. The van der Waals surface area contributed by atoms with E-state index in [0.717, 1.165) is 10.9 Å². The number of aromatic amines is 1. The third kappa shape index (κ3) is 5.70. The van der Waals surface area contributed by atoms with Crippen LogP contribution in [0, 0.1) is 0 Å². The summed E-state index contributed by atoms with van der Waals surface area (Å²) in [5.74, 6) is 0.263. The van der Waals surface area contributed by atoms with E-state index >= 15 is 0 Å². The molecule has 0 saturated carbocycles. The highest BCUT2D eigenvalue weighted by Crippen LogP contribution is 2.33. The molecule has 2 aliphatic rings. The van der Waals surface area contributed by atoms with Gasteiger partial charge in [-0.1, -0.05) is 0 Å². The summed E-state index contributed by atoms with van der Waals surface area (Å²) in [5, 5.41) is 24.1. The van der Waals surface area contributed by atoms with Crippen LogP contribution < -0.4 is 5.43 Å². The molecule has 4 N–H and O–H groups in total. The summed E-state index contributed by atoms with van der Waals surface area (Å²) in [5.41, 5.74) is 4.51. The van der Waals surface area contributed by atoms with Gasteiger partial charge in [0.2, 0.25) is 5.88 Å². The fraction of sp³-hybridized carbons (Fsp3) is 0.500. The number of aliphatic hydroxyl groups excluding tert-OH is 2. The Morgan fingerprint density at radius 2 is 2.06 bits per heavy atom. The van der Waals surface area contributed by atoms with Crippen molar-refractivity contribution >= 4 is 17.1 Å². The molecule has 34 heavy (non-hydrogen) atoms. The van der Waals surface area contributed by atoms with Crippen molar-refractivity contribution in [2.24, 2.45) is 0 Å². The van der Waals surface area contributed by atoms with E-state index in [1.54, 1.807) is 43.4 Å². The van der Waals surface area contributed by atoms with E-state index in [1.807, 2.05) is 6.07 Å². The smallest absolute Gasteiger partial charge is 0.401 e. The summed E-state index contributed by atoms with van der Waals surface area (Å²) < 4.78 is 49.4. The van der Waals surface area contributed by atoms with Crippen LogP contribution in [0.4, 0.5) is 13.2 Å². The first-order chi connectivity index (χ1) is 16.1. The lowest BCUT2D eigenvalue weighted by molar-refractivity contribution is -0.150. The third-order valence-electron chi connectivity index (χ3n) is 5.53. The van der Waals surface area contributed by atoms with Crippen molar-refractivity contribution in [3.05, 3.63) is 47.3 Å². The number of pyridine rings is 1. The molecule has 1 fully saturated rings. The molecular formula is C22H28F3N5O4. The third-order valence-corrected chi connectivity index (χ3v) is 5.53. The number of hydrogen-bond acceptors (Lipinski definition) is 8. The highest BCUT2D eigenvalue weighted by Gasteiger charge is 2.38. The number of alkyl halides is 3. The first-order valence-corrected chi connectivity index (χ1v) is 11.0. The van der Waals surface area contributed by atoms with Crippen LogP contribution in [0.1, 0.15) is 19.4 Å². The first-order valence-electron chi connectivity index (χ1n) is 11.0. The molecule has 0 bridgehead atoms. The Kier molecular flexibility index (Phi) is 7.14. The van der Waals surface area contributed by atoms with Gasteiger partial charge in [0, 0.05) is 49.5 Å². The molecule has 9 nitrogen and oxygen atoms in total. The number of fused-ring (bicyclic) bond motifs is 1. The van der Waals surface area contributed by atoms with Crippen molar-refractivity contribution in [3.8, 4) is 0 Å². The molecule has 4 heterocycles. The molecule has 0 aliphatic carbocycles. The lowest BCUT2D eigenvalue weighted by atomic mass is 10.1. The van der Waals surface area contributed by atoms with E-state index in [1.165, 1.54) is 4.90 Å². The van der Waals surface area contributed by atoms with Gasteiger partial charge in [0.15, 0.2) is 6.29 Å². The van der Waals surface area contributed by atoms with Crippen LogP contribution in [-0.4, -0.2) is 87.5 Å². The monoisotopic (exact) mass is 483 g/mol. The molecule has 2 atom stereocenters. The molecule has 4 rings (SSSR count). The Labute approximate surface area is 194 Å². The predicted molar refractivity (Wildman–Crippen MR) is 118 cm³/mol. The van der Waals surface area contributed by atoms with Crippen LogP contribution in [0.25, 0.3) is 17.1 Å². The number of aliphatic hydroxyl groups is 2. The minimum atomic E-state index is -4.25. The van der Waals surface area contributed by atoms with Gasteiger partial charge >= 0.3 is 6.18 Å². The molecular weight excluding hydrogens is 455 g/mol. The first kappa shape index (κ1) is 24.5. The molecule has 1 saturated heterocycles. The lowest BCUT2D eigenvalue weighted by Crippen LogP contribution is -2.53. The van der Waals surface area contributed by atoms with Crippen molar-refractivity contribution in [1.82, 2.24) is 25.3 Å². The minimum Gasteiger partial charge on any atom is -0.441 e. The van der Waals surface area contributed by atoms with Gasteiger partial charge < -0.3 is 24.7 Å². The van der Waals surface area contributed by atoms with Gasteiger partial charge in [-0.3, -0.25) is 10.3 Å². The summed E-state index contributed by atoms with van der Waals surface area (Å²) in [6.45, 7) is 3.52. The van der Waals surface area contributed by atoms with Gasteiger partial charge in [-0.05, 0) is 32.1 Å². The second kappa shape index (κ2) is 9.92. The quantitative estimate of drug-likeness (QED) is 0.443. The Bertz CT molecular complexity index is 1060. The summed E-state index contributed by atoms with van der Waals surface area (Å²) in [7, 11) is 0. The van der Waals surface area contributed by atoms with Gasteiger partial charge in [-0.25, -0.2) is 9.99 Å². The van der Waals surface area contributed by atoms with Gasteiger partial charge in [0.05, 0.1) is 18.2 Å². The number of rotatable bonds is 7. The average molecular weight is 483 g/mol. The lowest BCUT2D eigenvalue weighted by Gasteiger charge is -2.35. The minimum absolute atomic E-state index is 0.0918. The zero-order valence-corrected chi connectivity index (χ0v) is 18.8. The molecule has 186 valence electrons. The van der Waals surface area contributed by atoms with Crippen molar-refractivity contribution in [2.75, 3.05) is 32.7 Å². The molecule has 0 spiro atoms. The molecule has 2 aromatic rings. The van der Waals surface area contributed by atoms with Crippen molar-refractivity contribution in [1.29, 1.82) is 0 Å². The van der Waals surface area contributed by atoms with Crippen LogP contribution in [0.5, 0.6) is 0 Å². The van der Waals surface area contributed by atoms with E-state index < -0.39 is 25.1 Å². The zero-order chi connectivity index (χ0) is 24.5. The molecule has 2 aromatic heterocycles. The number of nitrogens with one attached hydrogen (secondary N) is 2. The highest BCUT2D eigenvalue weighted by molar-refractivity contribution is 5.86. The predicted octanol–water partition coefficient (Wildman–Crippen LogP) is 1.93. The van der Waals surface area contributed by atoms with Crippen LogP contribution >= 0.6 is 0 Å². The summed E-state index contributed by atoms with van der Waals surface area (Å²) in [6, 6.07) is 3.66. The molecule has 2 aliphatic heterocycles. The van der Waals surface area contributed by atoms with Crippen molar-refractivity contribution in [3.63, 3.8) is 0 Å². The number of hydrogen-bond donors (Lipinski definition) is 4. The van der Waals surface area contributed by atoms with Gasteiger partial charge in [0.1, 0.15) is 17.5 Å². The Balaban J connectivity index is 1.52. The normalized spacial score (nSPS) is 22.7. The number of halogens is 3. The maximum absolute atomic E-state index is 12.7. The molecule has 2 unspecified atom stereocenters. The number of ether oxygens (including phenoxy) is 2. The second-order valence-corrected chi connectivity index (χ2v) is 8.51. The number of hydrazine groups is 1. The Hall–Kier alpha value is -2.64. The van der Waals surface area contributed by atoms with Gasteiger partial charge in [-0.2, -0.15) is 13.2 Å². The Morgan fingerprint density at radius 3 is 2.74 bits per heavy atom. The van der Waals surface area contributed by atoms with Crippen molar-refractivity contribution < 1.29 is 32.9 Å². The topological polar surface area (TPSA) is 106 Å². The summed E-state index contributed by atoms with van der Waals surface area (Å²) in [4.78, 5) is 8.61. The molecule has 12 heteroatoms. The van der Waals surface area contributed by atoms with Gasteiger partial charge in [0.25, 0.3) is 0 Å². The van der Waals surface area contributed by atoms with E-state index in [4.69, 9.17) is 9.47 Å². The summed E-state index contributed by atoms with van der Waals surface area (Å²) in [6.07, 6.45) is -2.28. The molecule has 0 amide bonds. The number of H-pyrrole nitrogens is 1. The Morgan fingerprint density at radius 1 is 1.32 bits per heavy atom. The fourth-order valence-electron chi connectivity index (χ4n) is 3.95. The molecule has 0 aromatic carbocycles. The van der Waals surface area contributed by atoms with Crippen molar-refractivity contribution in [2.45, 2.75) is 38.5 Å². The standard InChI is InChI=1S/C22H28F3N5O4/c1-13(2)33-21(32)17-18(31)16(10-14-11-27-19-15(14)4-3-5-26-19)34-20(17)28-30-8-6-29(7-9-30)12-22(23,24)25/h3-5,10-11,13,18,21,28,31-32H,6-9,12H2,1-2H3,(H,26,27)/b16-10-. The summed E-state index contributed by atoms with van der Waals surface area (Å²) >= 11 is 0. The van der Waals surface area contributed by atoms with E-state index in [-0.39, 0.29) is 36.4 Å². The molecule has 0 radical (unpaired) electrons. The maximum atomic E-state index is 12.7. The van der Waals surface area contributed by atoms with Gasteiger partial charge in [-0.15, -0.1) is 0 Å².